The number of rotatable bonds is 0. The highest BCUT2D eigenvalue weighted by Gasteiger charge is 2.44. The normalized spacial score (nSPS) is 46.1. The Kier molecular flexibility index (Phi) is 1.92. The predicted molar refractivity (Wildman–Crippen MR) is 51.9 cm³/mol. The van der Waals surface area contributed by atoms with Crippen LogP contribution < -0.4 is 5.32 Å². The third kappa shape index (κ3) is 1.30. The molecule has 0 aromatic heterocycles. The van der Waals surface area contributed by atoms with Crippen LogP contribution in [-0.4, -0.2) is 18.2 Å². The van der Waals surface area contributed by atoms with Crippen molar-refractivity contribution >= 4 is 6.09 Å². The van der Waals surface area contributed by atoms with Gasteiger partial charge in [0.2, 0.25) is 0 Å². The zero-order chi connectivity index (χ0) is 9.54. The second kappa shape index (κ2) is 3.14. The van der Waals surface area contributed by atoms with Gasteiger partial charge in [0.1, 0.15) is 6.10 Å². The van der Waals surface area contributed by atoms with E-state index in [1.54, 1.807) is 0 Å². The molecule has 0 aromatic rings. The average Bonchev–Trinajstić information content (AvgIpc) is 2.53. The highest BCUT2D eigenvalue weighted by molar-refractivity contribution is 5.70. The van der Waals surface area contributed by atoms with E-state index in [-0.39, 0.29) is 12.2 Å². The van der Waals surface area contributed by atoms with Crippen molar-refractivity contribution in [2.24, 2.45) is 11.8 Å². The summed E-state index contributed by atoms with van der Waals surface area (Å²) in [6.45, 7) is 0. The topological polar surface area (TPSA) is 38.3 Å². The van der Waals surface area contributed by atoms with E-state index in [1.165, 1.54) is 25.7 Å². The maximum atomic E-state index is 11.1. The van der Waals surface area contributed by atoms with Gasteiger partial charge in [-0.3, -0.25) is 0 Å². The van der Waals surface area contributed by atoms with Crippen LogP contribution in [0.1, 0.15) is 38.5 Å². The number of ether oxygens (including phenoxy) is 1. The SMILES string of the molecule is O=C1N[C@H]2C[C@@H]3CCCC[C@H]3C[C@H]2O1. The van der Waals surface area contributed by atoms with Crippen molar-refractivity contribution in [1.29, 1.82) is 0 Å². The van der Waals surface area contributed by atoms with Gasteiger partial charge < -0.3 is 10.1 Å². The molecule has 0 spiro atoms. The van der Waals surface area contributed by atoms with E-state index in [1.807, 2.05) is 0 Å². The summed E-state index contributed by atoms with van der Waals surface area (Å²) in [7, 11) is 0. The maximum absolute atomic E-state index is 11.1. The number of fused-ring (bicyclic) bond motifs is 2. The lowest BCUT2D eigenvalue weighted by Crippen LogP contribution is -2.42. The molecule has 78 valence electrons. The van der Waals surface area contributed by atoms with Gasteiger partial charge in [0.25, 0.3) is 0 Å². The molecule has 3 nitrogen and oxygen atoms in total. The van der Waals surface area contributed by atoms with Crippen molar-refractivity contribution in [1.82, 2.24) is 5.32 Å². The first kappa shape index (κ1) is 8.57. The van der Waals surface area contributed by atoms with Crippen LogP contribution in [0.4, 0.5) is 4.79 Å². The van der Waals surface area contributed by atoms with Gasteiger partial charge in [0.05, 0.1) is 6.04 Å². The van der Waals surface area contributed by atoms with Gasteiger partial charge in [-0.15, -0.1) is 0 Å². The number of hydrogen-bond acceptors (Lipinski definition) is 2. The van der Waals surface area contributed by atoms with Crippen LogP contribution in [0.3, 0.4) is 0 Å². The molecule has 4 atom stereocenters. The van der Waals surface area contributed by atoms with Gasteiger partial charge in [0, 0.05) is 0 Å². The molecule has 0 radical (unpaired) electrons. The Morgan fingerprint density at radius 3 is 2.64 bits per heavy atom. The second-order valence-electron chi connectivity index (χ2n) is 4.97. The first-order chi connectivity index (χ1) is 6.83. The number of hydrogen-bond donors (Lipinski definition) is 1. The molecule has 3 aliphatic rings. The number of alkyl carbamates (subject to hydrolysis) is 1. The molecule has 1 saturated heterocycles. The van der Waals surface area contributed by atoms with Crippen LogP contribution in [0.2, 0.25) is 0 Å². The third-order valence-electron chi connectivity index (χ3n) is 4.17. The Morgan fingerprint density at radius 1 is 1.14 bits per heavy atom. The summed E-state index contributed by atoms with van der Waals surface area (Å²) in [4.78, 5) is 11.1. The summed E-state index contributed by atoms with van der Waals surface area (Å²) in [6.07, 6.45) is 7.72. The Hall–Kier alpha value is -0.730. The lowest BCUT2D eigenvalue weighted by molar-refractivity contribution is 0.0510. The number of nitrogens with one attached hydrogen (secondary N) is 1. The van der Waals surface area contributed by atoms with Crippen molar-refractivity contribution in [3.05, 3.63) is 0 Å². The highest BCUT2D eigenvalue weighted by atomic mass is 16.6. The molecular formula is C11H17NO2. The fourth-order valence-corrected chi connectivity index (χ4v) is 3.45. The molecule has 2 aliphatic carbocycles. The standard InChI is InChI=1S/C11H17NO2/c13-11-12-9-5-7-3-1-2-4-8(7)6-10(9)14-11/h7-10H,1-6H2,(H,12,13)/t7-,8-,9-,10+/m0/s1. The number of carbonyl (C=O) groups is 1. The average molecular weight is 195 g/mol. The van der Waals surface area contributed by atoms with Gasteiger partial charge in [-0.2, -0.15) is 0 Å². The van der Waals surface area contributed by atoms with Crippen molar-refractivity contribution in [3.8, 4) is 0 Å². The van der Waals surface area contributed by atoms with E-state index >= 15 is 0 Å². The van der Waals surface area contributed by atoms with E-state index in [0.29, 0.717) is 6.04 Å². The van der Waals surface area contributed by atoms with Gasteiger partial charge in [0.15, 0.2) is 0 Å². The molecule has 0 aromatic carbocycles. The zero-order valence-corrected chi connectivity index (χ0v) is 8.37. The number of carbonyl (C=O) groups excluding carboxylic acids is 1. The molecule has 2 saturated carbocycles. The summed E-state index contributed by atoms with van der Waals surface area (Å²) in [6, 6.07) is 0.321. The Balaban J connectivity index is 1.73. The van der Waals surface area contributed by atoms with Crippen molar-refractivity contribution in [2.45, 2.75) is 50.7 Å². The monoisotopic (exact) mass is 195 g/mol. The molecule has 3 heteroatoms. The van der Waals surface area contributed by atoms with Crippen molar-refractivity contribution in [2.75, 3.05) is 0 Å². The molecule has 1 amide bonds. The fraction of sp³-hybridized carbons (Fsp3) is 0.909. The molecule has 0 bridgehead atoms. The van der Waals surface area contributed by atoms with Gasteiger partial charge in [-0.25, -0.2) is 4.79 Å². The molecule has 1 N–H and O–H groups in total. The highest BCUT2D eigenvalue weighted by Crippen LogP contribution is 2.42. The first-order valence-electron chi connectivity index (χ1n) is 5.80. The molecular weight excluding hydrogens is 178 g/mol. The minimum Gasteiger partial charge on any atom is -0.444 e. The van der Waals surface area contributed by atoms with Crippen LogP contribution in [0.15, 0.2) is 0 Å². The molecule has 1 heterocycles. The first-order valence-corrected chi connectivity index (χ1v) is 5.80. The van der Waals surface area contributed by atoms with E-state index in [0.717, 1.165) is 24.7 Å². The summed E-state index contributed by atoms with van der Waals surface area (Å²) < 4.78 is 5.26. The largest absolute Gasteiger partial charge is 0.444 e. The lowest BCUT2D eigenvalue weighted by Gasteiger charge is -2.39. The van der Waals surface area contributed by atoms with E-state index in [9.17, 15) is 4.79 Å². The molecule has 1 aliphatic heterocycles. The van der Waals surface area contributed by atoms with Crippen LogP contribution in [-0.2, 0) is 4.74 Å². The smallest absolute Gasteiger partial charge is 0.407 e. The minimum atomic E-state index is -0.196. The van der Waals surface area contributed by atoms with Crippen LogP contribution in [0, 0.1) is 11.8 Å². The summed E-state index contributed by atoms with van der Waals surface area (Å²) in [5, 5.41) is 2.93. The lowest BCUT2D eigenvalue weighted by atomic mass is 9.68. The van der Waals surface area contributed by atoms with Crippen LogP contribution >= 0.6 is 0 Å². The van der Waals surface area contributed by atoms with Gasteiger partial charge >= 0.3 is 6.09 Å². The molecule has 3 fully saturated rings. The minimum absolute atomic E-state index is 0.182. The quantitative estimate of drug-likeness (QED) is 0.642. The van der Waals surface area contributed by atoms with Crippen molar-refractivity contribution < 1.29 is 9.53 Å². The van der Waals surface area contributed by atoms with Crippen molar-refractivity contribution in [3.63, 3.8) is 0 Å². The maximum Gasteiger partial charge on any atom is 0.407 e. The van der Waals surface area contributed by atoms with Crippen LogP contribution in [0.5, 0.6) is 0 Å². The molecule has 14 heavy (non-hydrogen) atoms. The van der Waals surface area contributed by atoms with Gasteiger partial charge in [-0.05, 0) is 24.7 Å². The summed E-state index contributed by atoms with van der Waals surface area (Å²) in [5.74, 6) is 1.68. The van der Waals surface area contributed by atoms with E-state index in [4.69, 9.17) is 4.74 Å². The van der Waals surface area contributed by atoms with E-state index < -0.39 is 0 Å². The second-order valence-corrected chi connectivity index (χ2v) is 4.97. The third-order valence-corrected chi connectivity index (χ3v) is 4.17. The predicted octanol–water partition coefficient (Wildman–Crippen LogP) is 2.06. The molecule has 3 rings (SSSR count). The summed E-state index contributed by atoms with van der Waals surface area (Å²) >= 11 is 0. The van der Waals surface area contributed by atoms with Crippen LogP contribution in [0.25, 0.3) is 0 Å². The molecule has 0 unspecified atom stereocenters. The Morgan fingerprint density at radius 2 is 1.86 bits per heavy atom. The number of amides is 1. The van der Waals surface area contributed by atoms with E-state index in [2.05, 4.69) is 5.32 Å². The summed E-state index contributed by atoms with van der Waals surface area (Å²) in [5.41, 5.74) is 0. The zero-order valence-electron chi connectivity index (χ0n) is 8.37. The van der Waals surface area contributed by atoms with Gasteiger partial charge in [-0.1, -0.05) is 25.7 Å². The Labute approximate surface area is 84.2 Å². The Bertz CT molecular complexity index is 230. The fourth-order valence-electron chi connectivity index (χ4n) is 3.45.